The largest absolute Gasteiger partial charge is 0.475 e. The predicted molar refractivity (Wildman–Crippen MR) is 114 cm³/mol. The lowest BCUT2D eigenvalue weighted by Gasteiger charge is -2.35. The van der Waals surface area contributed by atoms with Gasteiger partial charge in [-0.15, -0.1) is 0 Å². The van der Waals surface area contributed by atoms with Crippen LogP contribution < -0.4 is 0 Å². The number of benzene rings is 1. The lowest BCUT2D eigenvalue weighted by atomic mass is 9.95. The second kappa shape index (κ2) is 10.4. The predicted octanol–water partition coefficient (Wildman–Crippen LogP) is 5.90. The van der Waals surface area contributed by atoms with Crippen molar-refractivity contribution >= 4 is 5.90 Å². The summed E-state index contributed by atoms with van der Waals surface area (Å²) in [5, 5.41) is 0. The van der Waals surface area contributed by atoms with Gasteiger partial charge in [-0.3, -0.25) is 0 Å². The van der Waals surface area contributed by atoms with Gasteiger partial charge < -0.3 is 14.2 Å². The van der Waals surface area contributed by atoms with Gasteiger partial charge >= 0.3 is 0 Å². The zero-order chi connectivity index (χ0) is 19.9. The van der Waals surface area contributed by atoms with Gasteiger partial charge in [-0.05, 0) is 31.4 Å². The third-order valence-electron chi connectivity index (χ3n) is 6.02. The van der Waals surface area contributed by atoms with Crippen LogP contribution in [0.1, 0.15) is 83.6 Å². The molecule has 3 rings (SSSR count). The summed E-state index contributed by atoms with van der Waals surface area (Å²) in [5.41, 5.74) is 2.09. The Morgan fingerprint density at radius 1 is 1.04 bits per heavy atom. The molecule has 28 heavy (non-hydrogen) atoms. The Morgan fingerprint density at radius 2 is 1.79 bits per heavy atom. The van der Waals surface area contributed by atoms with E-state index in [2.05, 4.69) is 52.0 Å². The molecule has 2 heterocycles. The highest BCUT2D eigenvalue weighted by Crippen LogP contribution is 2.32. The molecule has 1 saturated heterocycles. The van der Waals surface area contributed by atoms with Gasteiger partial charge in [0.2, 0.25) is 5.90 Å². The molecule has 0 bridgehead atoms. The van der Waals surface area contributed by atoms with E-state index in [1.807, 2.05) is 0 Å². The third kappa shape index (κ3) is 5.57. The van der Waals surface area contributed by atoms with Crippen molar-refractivity contribution in [1.29, 1.82) is 0 Å². The van der Waals surface area contributed by atoms with Crippen molar-refractivity contribution in [1.82, 2.24) is 0 Å². The van der Waals surface area contributed by atoms with Gasteiger partial charge in [-0.2, -0.15) is 0 Å². The number of unbranched alkanes of at least 4 members (excludes halogenated alkanes) is 4. The van der Waals surface area contributed by atoms with Crippen molar-refractivity contribution in [3.05, 3.63) is 35.4 Å². The van der Waals surface area contributed by atoms with Gasteiger partial charge in [0, 0.05) is 17.0 Å². The van der Waals surface area contributed by atoms with Crippen LogP contribution in [0.4, 0.5) is 0 Å². The van der Waals surface area contributed by atoms with Crippen LogP contribution in [-0.4, -0.2) is 31.3 Å². The van der Waals surface area contributed by atoms with Gasteiger partial charge in [-0.25, -0.2) is 4.99 Å². The van der Waals surface area contributed by atoms with Gasteiger partial charge in [0.1, 0.15) is 6.61 Å². The first-order valence-corrected chi connectivity index (χ1v) is 11.2. The fourth-order valence-corrected chi connectivity index (χ4v) is 3.87. The minimum Gasteiger partial charge on any atom is -0.475 e. The van der Waals surface area contributed by atoms with E-state index in [1.165, 1.54) is 38.5 Å². The van der Waals surface area contributed by atoms with Crippen LogP contribution in [0.5, 0.6) is 0 Å². The maximum Gasteiger partial charge on any atom is 0.216 e. The molecule has 1 aromatic carbocycles. The first kappa shape index (κ1) is 21.3. The lowest BCUT2D eigenvalue weighted by Crippen LogP contribution is -2.34. The second-order valence-corrected chi connectivity index (χ2v) is 8.65. The van der Waals surface area contributed by atoms with Crippen LogP contribution in [0, 0.1) is 11.8 Å². The molecule has 0 spiro atoms. The molecule has 0 amide bonds. The average molecular weight is 388 g/mol. The Hall–Kier alpha value is -1.39. The van der Waals surface area contributed by atoms with Crippen molar-refractivity contribution in [2.75, 3.05) is 13.2 Å². The van der Waals surface area contributed by atoms with Crippen LogP contribution in [0.3, 0.4) is 0 Å². The van der Waals surface area contributed by atoms with Crippen LogP contribution in [0.15, 0.2) is 29.3 Å². The quantitative estimate of drug-likeness (QED) is 0.495. The summed E-state index contributed by atoms with van der Waals surface area (Å²) in [4.78, 5) is 4.70. The molecule has 1 fully saturated rings. The summed E-state index contributed by atoms with van der Waals surface area (Å²) in [6.07, 6.45) is 7.76. The van der Waals surface area contributed by atoms with E-state index in [0.717, 1.165) is 23.6 Å². The Labute approximate surface area is 170 Å². The molecule has 0 N–H and O–H groups in total. The first-order valence-electron chi connectivity index (χ1n) is 11.2. The minimum absolute atomic E-state index is 0.235. The van der Waals surface area contributed by atoms with Crippen molar-refractivity contribution in [2.24, 2.45) is 16.8 Å². The molecular weight excluding hydrogens is 350 g/mol. The SMILES string of the molecule is CCCCCCC[C@H]1CO[C@H](c2ccc(C3=N[C@H](C(C)C)CO3)cc2)O[C@@H]1C. The molecule has 0 radical (unpaired) electrons. The molecule has 2 aliphatic rings. The van der Waals surface area contributed by atoms with Gasteiger partial charge in [-0.1, -0.05) is 65.0 Å². The fourth-order valence-electron chi connectivity index (χ4n) is 3.87. The molecule has 4 nitrogen and oxygen atoms in total. The highest BCUT2D eigenvalue weighted by Gasteiger charge is 2.29. The van der Waals surface area contributed by atoms with E-state index in [-0.39, 0.29) is 18.4 Å². The number of nitrogens with zero attached hydrogens (tertiary/aromatic N) is 1. The molecule has 2 aliphatic heterocycles. The summed E-state index contributed by atoms with van der Waals surface area (Å²) < 4.78 is 18.0. The van der Waals surface area contributed by atoms with Gasteiger partial charge in [0.25, 0.3) is 0 Å². The van der Waals surface area contributed by atoms with E-state index in [9.17, 15) is 0 Å². The summed E-state index contributed by atoms with van der Waals surface area (Å²) in [6, 6.07) is 8.54. The number of hydrogen-bond acceptors (Lipinski definition) is 4. The smallest absolute Gasteiger partial charge is 0.216 e. The van der Waals surface area contributed by atoms with Crippen molar-refractivity contribution in [3.63, 3.8) is 0 Å². The highest BCUT2D eigenvalue weighted by atomic mass is 16.7. The van der Waals surface area contributed by atoms with E-state index in [1.54, 1.807) is 0 Å². The highest BCUT2D eigenvalue weighted by molar-refractivity contribution is 5.95. The standard InChI is InChI=1S/C24H37NO3/c1-5-6-7-8-9-10-21-15-27-24(28-18(21)4)20-13-11-19(12-14-20)23-25-22(16-26-23)17(2)3/h11-14,17-18,21-22,24H,5-10,15-16H2,1-4H3/t18-,21+,22+,24+/m1/s1. The first-order chi connectivity index (χ1) is 13.6. The Kier molecular flexibility index (Phi) is 7.92. The summed E-state index contributed by atoms with van der Waals surface area (Å²) in [7, 11) is 0. The maximum absolute atomic E-state index is 6.19. The Balaban J connectivity index is 1.49. The fraction of sp³-hybridized carbons (Fsp3) is 0.708. The monoisotopic (exact) mass is 387 g/mol. The number of rotatable bonds is 9. The average Bonchev–Trinajstić information content (AvgIpc) is 3.20. The molecular formula is C24H37NO3. The van der Waals surface area contributed by atoms with E-state index >= 15 is 0 Å². The van der Waals surface area contributed by atoms with E-state index < -0.39 is 0 Å². The number of hydrogen-bond donors (Lipinski definition) is 0. The molecule has 0 aromatic heterocycles. The zero-order valence-electron chi connectivity index (χ0n) is 18.0. The molecule has 4 atom stereocenters. The van der Waals surface area contributed by atoms with Crippen molar-refractivity contribution in [3.8, 4) is 0 Å². The van der Waals surface area contributed by atoms with Crippen molar-refractivity contribution in [2.45, 2.75) is 84.7 Å². The van der Waals surface area contributed by atoms with Crippen LogP contribution in [0.2, 0.25) is 0 Å². The van der Waals surface area contributed by atoms with Crippen LogP contribution in [-0.2, 0) is 14.2 Å². The normalized spacial score (nSPS) is 27.7. The Morgan fingerprint density at radius 3 is 2.43 bits per heavy atom. The topological polar surface area (TPSA) is 40.0 Å². The molecule has 0 saturated carbocycles. The summed E-state index contributed by atoms with van der Waals surface area (Å²) in [5.74, 6) is 1.76. The van der Waals surface area contributed by atoms with Gasteiger partial charge in [0.15, 0.2) is 6.29 Å². The Bertz CT molecular complexity index is 625. The number of aliphatic imine (C=N–C) groups is 1. The summed E-state index contributed by atoms with van der Waals surface area (Å²) >= 11 is 0. The second-order valence-electron chi connectivity index (χ2n) is 8.65. The zero-order valence-corrected chi connectivity index (χ0v) is 18.0. The number of ether oxygens (including phenoxy) is 3. The molecule has 0 unspecified atom stereocenters. The minimum atomic E-state index is -0.268. The molecule has 0 aliphatic carbocycles. The van der Waals surface area contributed by atoms with Crippen LogP contribution in [0.25, 0.3) is 0 Å². The maximum atomic E-state index is 6.19. The summed E-state index contributed by atoms with van der Waals surface area (Å²) in [6.45, 7) is 10.3. The molecule has 156 valence electrons. The van der Waals surface area contributed by atoms with Crippen molar-refractivity contribution < 1.29 is 14.2 Å². The molecule has 4 heteroatoms. The van der Waals surface area contributed by atoms with E-state index in [4.69, 9.17) is 19.2 Å². The van der Waals surface area contributed by atoms with Gasteiger partial charge in [0.05, 0.1) is 18.8 Å². The molecule has 1 aromatic rings. The lowest BCUT2D eigenvalue weighted by molar-refractivity contribution is -0.237. The third-order valence-corrected chi connectivity index (χ3v) is 6.02. The van der Waals surface area contributed by atoms with Crippen LogP contribution >= 0.6 is 0 Å². The van der Waals surface area contributed by atoms with E-state index in [0.29, 0.717) is 18.4 Å².